The maximum atomic E-state index is 13.2. The van der Waals surface area contributed by atoms with Crippen molar-refractivity contribution in [3.05, 3.63) is 46.5 Å². The Kier molecular flexibility index (Phi) is 3.39. The SMILES string of the molecule is Cn1cnnc1C(c1cccc(Br)c1)C1CC(F)C1. The fourth-order valence-electron chi connectivity index (χ4n) is 2.77. The molecular formula is C14H15BrFN3. The summed E-state index contributed by atoms with van der Waals surface area (Å²) in [6, 6.07) is 8.17. The Bertz CT molecular complexity index is 578. The van der Waals surface area contributed by atoms with E-state index in [2.05, 4.69) is 38.3 Å². The average Bonchev–Trinajstić information content (AvgIpc) is 2.74. The van der Waals surface area contributed by atoms with Crippen molar-refractivity contribution in [1.29, 1.82) is 0 Å². The monoisotopic (exact) mass is 323 g/mol. The first-order chi connectivity index (χ1) is 9.15. The number of hydrogen-bond acceptors (Lipinski definition) is 2. The quantitative estimate of drug-likeness (QED) is 0.866. The van der Waals surface area contributed by atoms with Gasteiger partial charge in [-0.15, -0.1) is 10.2 Å². The normalized spacial score (nSPS) is 23.9. The maximum Gasteiger partial charge on any atom is 0.140 e. The van der Waals surface area contributed by atoms with Crippen LogP contribution in [-0.4, -0.2) is 20.9 Å². The number of nitrogens with zero attached hydrogens (tertiary/aromatic N) is 3. The Morgan fingerprint density at radius 1 is 1.42 bits per heavy atom. The first-order valence-corrected chi connectivity index (χ1v) is 7.18. The predicted octanol–water partition coefficient (Wildman–Crippen LogP) is 3.46. The number of halogens is 2. The Morgan fingerprint density at radius 3 is 2.79 bits per heavy atom. The molecule has 1 aromatic carbocycles. The average molecular weight is 324 g/mol. The standard InChI is InChI=1S/C14H15BrFN3/c1-19-8-17-18-14(19)13(10-6-12(16)7-10)9-3-2-4-11(15)5-9/h2-5,8,10,12-13H,6-7H2,1H3. The molecule has 0 spiro atoms. The Hall–Kier alpha value is -1.23. The molecule has 1 unspecified atom stereocenters. The van der Waals surface area contributed by atoms with Crippen LogP contribution >= 0.6 is 15.9 Å². The molecule has 5 heteroatoms. The Morgan fingerprint density at radius 2 is 2.21 bits per heavy atom. The van der Waals surface area contributed by atoms with Gasteiger partial charge in [-0.25, -0.2) is 4.39 Å². The molecular weight excluding hydrogens is 309 g/mol. The summed E-state index contributed by atoms with van der Waals surface area (Å²) in [7, 11) is 1.94. The molecule has 0 aliphatic heterocycles. The van der Waals surface area contributed by atoms with Gasteiger partial charge in [0.15, 0.2) is 0 Å². The molecule has 0 N–H and O–H groups in total. The number of aromatic nitrogens is 3. The molecule has 19 heavy (non-hydrogen) atoms. The second-order valence-corrected chi connectivity index (χ2v) is 6.08. The van der Waals surface area contributed by atoms with Gasteiger partial charge in [0.2, 0.25) is 0 Å². The van der Waals surface area contributed by atoms with E-state index in [1.54, 1.807) is 6.33 Å². The molecule has 1 aliphatic rings. The highest BCUT2D eigenvalue weighted by atomic mass is 79.9. The lowest BCUT2D eigenvalue weighted by atomic mass is 9.71. The summed E-state index contributed by atoms with van der Waals surface area (Å²) in [5.41, 5.74) is 1.17. The Labute approximate surface area is 120 Å². The molecule has 1 saturated carbocycles. The second-order valence-electron chi connectivity index (χ2n) is 5.16. The summed E-state index contributed by atoms with van der Waals surface area (Å²) in [6.45, 7) is 0. The van der Waals surface area contributed by atoms with E-state index in [1.807, 2.05) is 23.7 Å². The third-order valence-electron chi connectivity index (χ3n) is 3.82. The molecule has 1 heterocycles. The molecule has 3 rings (SSSR count). The number of rotatable bonds is 3. The van der Waals surface area contributed by atoms with E-state index in [9.17, 15) is 4.39 Å². The van der Waals surface area contributed by atoms with E-state index < -0.39 is 6.17 Å². The van der Waals surface area contributed by atoms with Crippen molar-refractivity contribution in [2.24, 2.45) is 13.0 Å². The van der Waals surface area contributed by atoms with E-state index in [1.165, 1.54) is 5.56 Å². The summed E-state index contributed by atoms with van der Waals surface area (Å²) >= 11 is 3.50. The zero-order chi connectivity index (χ0) is 13.4. The molecule has 0 amide bonds. The van der Waals surface area contributed by atoms with Gasteiger partial charge in [0.1, 0.15) is 18.3 Å². The molecule has 1 fully saturated rings. The lowest BCUT2D eigenvalue weighted by Crippen LogP contribution is -2.32. The van der Waals surface area contributed by atoms with Gasteiger partial charge in [-0.3, -0.25) is 0 Å². The number of aryl methyl sites for hydroxylation is 1. The van der Waals surface area contributed by atoms with Crippen LogP contribution in [0.15, 0.2) is 35.1 Å². The number of benzene rings is 1. The number of alkyl halides is 1. The fraction of sp³-hybridized carbons (Fsp3) is 0.429. The van der Waals surface area contributed by atoms with Crippen molar-refractivity contribution in [3.63, 3.8) is 0 Å². The lowest BCUT2D eigenvalue weighted by Gasteiger charge is -2.36. The van der Waals surface area contributed by atoms with Crippen molar-refractivity contribution in [1.82, 2.24) is 14.8 Å². The third-order valence-corrected chi connectivity index (χ3v) is 4.31. The van der Waals surface area contributed by atoms with Gasteiger partial charge in [0.25, 0.3) is 0 Å². The Balaban J connectivity index is 1.99. The highest BCUT2D eigenvalue weighted by Gasteiger charge is 2.38. The first-order valence-electron chi connectivity index (χ1n) is 6.38. The largest absolute Gasteiger partial charge is 0.320 e. The van der Waals surface area contributed by atoms with Gasteiger partial charge in [-0.1, -0.05) is 28.1 Å². The zero-order valence-corrected chi connectivity index (χ0v) is 12.2. The minimum Gasteiger partial charge on any atom is -0.320 e. The second kappa shape index (κ2) is 5.04. The molecule has 0 bridgehead atoms. The van der Waals surface area contributed by atoms with Crippen LogP contribution in [0.3, 0.4) is 0 Å². The highest BCUT2D eigenvalue weighted by molar-refractivity contribution is 9.10. The smallest absolute Gasteiger partial charge is 0.140 e. The van der Waals surface area contributed by atoms with Crippen LogP contribution in [0, 0.1) is 5.92 Å². The van der Waals surface area contributed by atoms with E-state index in [-0.39, 0.29) is 5.92 Å². The van der Waals surface area contributed by atoms with Crippen LogP contribution in [0.5, 0.6) is 0 Å². The highest BCUT2D eigenvalue weighted by Crippen LogP contribution is 2.44. The molecule has 1 aliphatic carbocycles. The number of hydrogen-bond donors (Lipinski definition) is 0. The van der Waals surface area contributed by atoms with Crippen molar-refractivity contribution in [2.45, 2.75) is 24.9 Å². The van der Waals surface area contributed by atoms with E-state index >= 15 is 0 Å². The molecule has 2 aromatic rings. The first kappa shape index (κ1) is 12.8. The van der Waals surface area contributed by atoms with Crippen molar-refractivity contribution in [3.8, 4) is 0 Å². The zero-order valence-electron chi connectivity index (χ0n) is 10.6. The molecule has 100 valence electrons. The van der Waals surface area contributed by atoms with Gasteiger partial charge in [-0.05, 0) is 36.5 Å². The summed E-state index contributed by atoms with van der Waals surface area (Å²) in [5.74, 6) is 1.35. The van der Waals surface area contributed by atoms with Crippen LogP contribution in [0.4, 0.5) is 4.39 Å². The molecule has 0 radical (unpaired) electrons. The van der Waals surface area contributed by atoms with Crippen LogP contribution in [-0.2, 0) is 7.05 Å². The predicted molar refractivity (Wildman–Crippen MR) is 74.6 cm³/mol. The molecule has 1 atom stereocenters. The molecule has 0 saturated heterocycles. The van der Waals surface area contributed by atoms with Crippen LogP contribution in [0.25, 0.3) is 0 Å². The fourth-order valence-corrected chi connectivity index (χ4v) is 3.18. The van der Waals surface area contributed by atoms with Gasteiger partial charge < -0.3 is 4.57 Å². The van der Waals surface area contributed by atoms with Crippen molar-refractivity contribution >= 4 is 15.9 Å². The minimum absolute atomic E-state index is 0.122. The summed E-state index contributed by atoms with van der Waals surface area (Å²) in [5, 5.41) is 8.18. The topological polar surface area (TPSA) is 30.7 Å². The van der Waals surface area contributed by atoms with Gasteiger partial charge >= 0.3 is 0 Å². The lowest BCUT2D eigenvalue weighted by molar-refractivity contribution is 0.116. The van der Waals surface area contributed by atoms with Crippen LogP contribution in [0.1, 0.15) is 30.1 Å². The summed E-state index contributed by atoms with van der Waals surface area (Å²) in [4.78, 5) is 0. The van der Waals surface area contributed by atoms with Crippen LogP contribution < -0.4 is 0 Å². The van der Waals surface area contributed by atoms with E-state index in [4.69, 9.17) is 0 Å². The van der Waals surface area contributed by atoms with E-state index in [0.29, 0.717) is 18.8 Å². The van der Waals surface area contributed by atoms with E-state index in [0.717, 1.165) is 10.3 Å². The summed E-state index contributed by atoms with van der Waals surface area (Å²) < 4.78 is 16.2. The van der Waals surface area contributed by atoms with Crippen LogP contribution in [0.2, 0.25) is 0 Å². The van der Waals surface area contributed by atoms with Gasteiger partial charge in [0, 0.05) is 17.4 Å². The minimum atomic E-state index is -0.659. The van der Waals surface area contributed by atoms with Gasteiger partial charge in [-0.2, -0.15) is 0 Å². The molecule has 3 nitrogen and oxygen atoms in total. The molecule has 1 aromatic heterocycles. The summed E-state index contributed by atoms with van der Waals surface area (Å²) in [6.07, 6.45) is 2.27. The maximum absolute atomic E-state index is 13.2. The van der Waals surface area contributed by atoms with Gasteiger partial charge in [0.05, 0.1) is 0 Å². The third kappa shape index (κ3) is 2.43. The van der Waals surface area contributed by atoms with Crippen molar-refractivity contribution in [2.75, 3.05) is 0 Å². The van der Waals surface area contributed by atoms with Crippen molar-refractivity contribution < 1.29 is 4.39 Å².